The summed E-state index contributed by atoms with van der Waals surface area (Å²) in [5.41, 5.74) is 0.902. The van der Waals surface area contributed by atoms with Crippen molar-refractivity contribution in [3.8, 4) is 24.7 Å². The highest BCUT2D eigenvalue weighted by molar-refractivity contribution is 5.91. The smallest absolute Gasteiger partial charge is 0.242 e. The van der Waals surface area contributed by atoms with Crippen LogP contribution in [0.15, 0.2) is 30.3 Å². The summed E-state index contributed by atoms with van der Waals surface area (Å²) in [6.45, 7) is 1.21. The Morgan fingerprint density at radius 3 is 2.25 bits per heavy atom. The Hall–Kier alpha value is -3.37. The first kappa shape index (κ1) is 36.8. The molecule has 0 heterocycles. The number of benzene rings is 1. The van der Waals surface area contributed by atoms with Crippen LogP contribution in [0, 0.1) is 36.5 Å². The standard InChI is InChI=1S/C35H52N4O5/c1-6-8-20-29(35(44)37-30(33(42)31(40)15-7-2)24-27-18-13-10-14-19-27)36-34(43)28(23-26-16-11-9-12-17-26)25-32(41)39(5)22-21-38(3)4/h1-2,9,11-12,16-17,27-31,33,40,42H,8,10,13-15,18-25H2,3-5H3,(H,36,43)(H,37,44)/t28-,29+,30+,31+,33-/m1/s1. The highest BCUT2D eigenvalue weighted by Crippen LogP contribution is 2.28. The van der Waals surface area contributed by atoms with E-state index in [-0.39, 0.29) is 31.6 Å². The van der Waals surface area contributed by atoms with E-state index in [0.29, 0.717) is 31.8 Å². The van der Waals surface area contributed by atoms with Crippen molar-refractivity contribution in [3.63, 3.8) is 0 Å². The van der Waals surface area contributed by atoms with Gasteiger partial charge >= 0.3 is 0 Å². The fourth-order valence-corrected chi connectivity index (χ4v) is 5.64. The van der Waals surface area contributed by atoms with Gasteiger partial charge in [0, 0.05) is 39.4 Å². The van der Waals surface area contributed by atoms with Crippen molar-refractivity contribution in [2.75, 3.05) is 34.2 Å². The van der Waals surface area contributed by atoms with Crippen LogP contribution >= 0.6 is 0 Å². The van der Waals surface area contributed by atoms with E-state index in [1.807, 2.05) is 49.3 Å². The zero-order valence-electron chi connectivity index (χ0n) is 26.7. The number of terminal acetylenes is 2. The Bertz CT molecular complexity index is 1110. The minimum Gasteiger partial charge on any atom is -0.389 e. The lowest BCUT2D eigenvalue weighted by atomic mass is 9.82. The summed E-state index contributed by atoms with van der Waals surface area (Å²) in [6, 6.07) is 7.73. The van der Waals surface area contributed by atoms with Crippen LogP contribution in [0.25, 0.3) is 0 Å². The van der Waals surface area contributed by atoms with Gasteiger partial charge in [-0.05, 0) is 44.8 Å². The fraction of sp³-hybridized carbons (Fsp3) is 0.629. The number of amides is 3. The Labute approximate surface area is 264 Å². The molecule has 242 valence electrons. The zero-order valence-corrected chi connectivity index (χ0v) is 26.7. The second-order valence-corrected chi connectivity index (χ2v) is 12.3. The van der Waals surface area contributed by atoms with Gasteiger partial charge in [0.2, 0.25) is 17.7 Å². The Morgan fingerprint density at radius 2 is 1.64 bits per heavy atom. The highest BCUT2D eigenvalue weighted by atomic mass is 16.3. The molecule has 1 aromatic rings. The molecular weight excluding hydrogens is 556 g/mol. The van der Waals surface area contributed by atoms with Gasteiger partial charge in [-0.2, -0.15) is 0 Å². The van der Waals surface area contributed by atoms with E-state index in [2.05, 4.69) is 22.5 Å². The van der Waals surface area contributed by atoms with Crippen LogP contribution in [-0.2, 0) is 20.8 Å². The van der Waals surface area contributed by atoms with Gasteiger partial charge in [0.25, 0.3) is 0 Å². The number of carbonyl (C=O) groups is 3. The van der Waals surface area contributed by atoms with Crippen molar-refractivity contribution in [2.45, 2.75) is 94.9 Å². The lowest BCUT2D eigenvalue weighted by molar-refractivity contribution is -0.137. The third kappa shape index (κ3) is 13.1. The molecule has 1 aliphatic carbocycles. The molecule has 2 rings (SSSR count). The van der Waals surface area contributed by atoms with Crippen molar-refractivity contribution in [1.29, 1.82) is 0 Å². The summed E-state index contributed by atoms with van der Waals surface area (Å²) in [6.07, 6.45) is 14.9. The number of nitrogens with zero attached hydrogens (tertiary/aromatic N) is 2. The van der Waals surface area contributed by atoms with Crippen molar-refractivity contribution in [3.05, 3.63) is 35.9 Å². The summed E-state index contributed by atoms with van der Waals surface area (Å²) in [5.74, 6) is 3.42. The van der Waals surface area contributed by atoms with Gasteiger partial charge in [0.15, 0.2) is 0 Å². The van der Waals surface area contributed by atoms with Crippen LogP contribution in [0.5, 0.6) is 0 Å². The fourth-order valence-electron chi connectivity index (χ4n) is 5.64. The van der Waals surface area contributed by atoms with Crippen LogP contribution in [0.2, 0.25) is 0 Å². The number of hydrogen-bond acceptors (Lipinski definition) is 6. The second kappa shape index (κ2) is 19.8. The number of aliphatic hydroxyl groups excluding tert-OH is 2. The first-order chi connectivity index (χ1) is 21.0. The average molecular weight is 609 g/mol. The number of rotatable bonds is 18. The molecule has 3 amide bonds. The van der Waals surface area contributed by atoms with Crippen molar-refractivity contribution < 1.29 is 24.6 Å². The summed E-state index contributed by atoms with van der Waals surface area (Å²) < 4.78 is 0. The van der Waals surface area contributed by atoms with Crippen LogP contribution < -0.4 is 10.6 Å². The van der Waals surface area contributed by atoms with E-state index in [9.17, 15) is 24.6 Å². The van der Waals surface area contributed by atoms with E-state index < -0.39 is 42.0 Å². The van der Waals surface area contributed by atoms with E-state index >= 15 is 0 Å². The van der Waals surface area contributed by atoms with Gasteiger partial charge in [-0.1, -0.05) is 62.4 Å². The molecule has 1 aromatic carbocycles. The maximum Gasteiger partial charge on any atom is 0.242 e. The lowest BCUT2D eigenvalue weighted by Crippen LogP contribution is -2.56. The molecule has 0 radical (unpaired) electrons. The summed E-state index contributed by atoms with van der Waals surface area (Å²) in [7, 11) is 5.58. The maximum absolute atomic E-state index is 13.7. The Kier molecular flexibility index (Phi) is 16.6. The molecular formula is C35H52N4O5. The number of carbonyl (C=O) groups excluding carboxylic acids is 3. The topological polar surface area (TPSA) is 122 Å². The number of aliphatic hydroxyl groups is 2. The number of nitrogens with one attached hydrogen (secondary N) is 2. The first-order valence-corrected chi connectivity index (χ1v) is 15.8. The summed E-state index contributed by atoms with van der Waals surface area (Å²) >= 11 is 0. The van der Waals surface area contributed by atoms with E-state index in [4.69, 9.17) is 12.8 Å². The van der Waals surface area contributed by atoms with Gasteiger partial charge < -0.3 is 30.6 Å². The van der Waals surface area contributed by atoms with Crippen molar-refractivity contribution in [2.24, 2.45) is 11.8 Å². The van der Waals surface area contributed by atoms with Crippen LogP contribution in [0.1, 0.15) is 69.8 Å². The molecule has 0 aromatic heterocycles. The largest absolute Gasteiger partial charge is 0.389 e. The predicted octanol–water partition coefficient (Wildman–Crippen LogP) is 2.35. The molecule has 1 fully saturated rings. The zero-order chi connectivity index (χ0) is 32.5. The Balaban J connectivity index is 2.24. The Morgan fingerprint density at radius 1 is 0.955 bits per heavy atom. The molecule has 5 atom stereocenters. The average Bonchev–Trinajstić information content (AvgIpc) is 3.01. The van der Waals surface area contributed by atoms with Gasteiger partial charge in [-0.3, -0.25) is 14.4 Å². The molecule has 4 N–H and O–H groups in total. The lowest BCUT2D eigenvalue weighted by Gasteiger charge is -2.33. The molecule has 1 aliphatic rings. The molecule has 0 spiro atoms. The monoisotopic (exact) mass is 608 g/mol. The molecule has 0 bridgehead atoms. The quantitative estimate of drug-likeness (QED) is 0.190. The molecule has 9 nitrogen and oxygen atoms in total. The minimum atomic E-state index is -1.26. The van der Waals surface area contributed by atoms with Crippen LogP contribution in [0.4, 0.5) is 0 Å². The van der Waals surface area contributed by atoms with Gasteiger partial charge in [-0.15, -0.1) is 24.7 Å². The molecule has 0 aliphatic heterocycles. The molecule has 9 heteroatoms. The minimum absolute atomic E-state index is 0.0184. The van der Waals surface area contributed by atoms with Crippen LogP contribution in [-0.4, -0.2) is 96.3 Å². The van der Waals surface area contributed by atoms with E-state index in [0.717, 1.165) is 37.7 Å². The van der Waals surface area contributed by atoms with Gasteiger partial charge in [0.1, 0.15) is 12.1 Å². The third-order valence-electron chi connectivity index (χ3n) is 8.41. The van der Waals surface area contributed by atoms with Gasteiger partial charge in [-0.25, -0.2) is 0 Å². The second-order valence-electron chi connectivity index (χ2n) is 12.3. The SMILES string of the molecule is C#CCC[C@H](NC(=O)[C@@H](CC(=O)N(C)CCN(C)C)Cc1ccccc1)C(=O)N[C@@H](CC1CCCCC1)[C@@H](O)[C@@H](O)CC#C. The summed E-state index contributed by atoms with van der Waals surface area (Å²) in [4.78, 5) is 44.2. The molecule has 1 saturated carbocycles. The first-order valence-electron chi connectivity index (χ1n) is 15.8. The number of likely N-dealkylation sites (N-methyl/N-ethyl adjacent to an activating group) is 2. The highest BCUT2D eigenvalue weighted by Gasteiger charge is 2.34. The maximum atomic E-state index is 13.7. The third-order valence-corrected chi connectivity index (χ3v) is 8.41. The van der Waals surface area contributed by atoms with Crippen LogP contribution in [0.3, 0.4) is 0 Å². The molecule has 0 unspecified atom stereocenters. The summed E-state index contributed by atoms with van der Waals surface area (Å²) in [5, 5.41) is 27.3. The normalized spacial score (nSPS) is 16.9. The predicted molar refractivity (Wildman–Crippen MR) is 173 cm³/mol. The van der Waals surface area contributed by atoms with Gasteiger partial charge in [0.05, 0.1) is 18.1 Å². The number of hydrogen-bond donors (Lipinski definition) is 4. The van der Waals surface area contributed by atoms with Crippen molar-refractivity contribution in [1.82, 2.24) is 20.4 Å². The van der Waals surface area contributed by atoms with E-state index in [1.54, 1.807) is 11.9 Å². The molecule has 44 heavy (non-hydrogen) atoms. The molecule has 0 saturated heterocycles. The van der Waals surface area contributed by atoms with Crippen molar-refractivity contribution >= 4 is 17.7 Å². The van der Waals surface area contributed by atoms with E-state index in [1.165, 1.54) is 0 Å².